The fourth-order valence-electron chi connectivity index (χ4n) is 1.69. The summed E-state index contributed by atoms with van der Waals surface area (Å²) in [6.45, 7) is 0.608. The standard InChI is InChI=1S/C15H15NO2S/c1-18-12-8-6-11(7-9-12)10-16-15(19)13-4-2-3-5-14(13)17/h2-9,17H,10H2,1H3,(H,16,19). The van der Waals surface area contributed by atoms with Crippen molar-refractivity contribution in [3.63, 3.8) is 0 Å². The lowest BCUT2D eigenvalue weighted by molar-refractivity contribution is 0.414. The van der Waals surface area contributed by atoms with E-state index in [1.165, 1.54) is 0 Å². The number of thiocarbonyl (C=S) groups is 1. The molecule has 0 radical (unpaired) electrons. The zero-order valence-corrected chi connectivity index (χ0v) is 11.4. The predicted octanol–water partition coefficient (Wildman–Crippen LogP) is 2.87. The number of methoxy groups -OCH3 is 1. The second kappa shape index (κ2) is 6.20. The zero-order chi connectivity index (χ0) is 13.7. The summed E-state index contributed by atoms with van der Waals surface area (Å²) in [4.78, 5) is 0.536. The van der Waals surface area contributed by atoms with Gasteiger partial charge >= 0.3 is 0 Å². The minimum atomic E-state index is 0.190. The monoisotopic (exact) mass is 273 g/mol. The Morgan fingerprint density at radius 3 is 2.47 bits per heavy atom. The summed E-state index contributed by atoms with van der Waals surface area (Å²) in [6, 6.07) is 14.8. The number of phenolic OH excluding ortho intramolecular Hbond substituents is 1. The molecule has 2 aromatic rings. The summed E-state index contributed by atoms with van der Waals surface area (Å²) < 4.78 is 5.10. The second-order valence-corrected chi connectivity index (χ2v) is 4.46. The van der Waals surface area contributed by atoms with Gasteiger partial charge in [-0.15, -0.1) is 0 Å². The van der Waals surface area contributed by atoms with Gasteiger partial charge in [-0.05, 0) is 29.8 Å². The van der Waals surface area contributed by atoms with Gasteiger partial charge in [0.15, 0.2) is 0 Å². The maximum Gasteiger partial charge on any atom is 0.125 e. The molecule has 19 heavy (non-hydrogen) atoms. The summed E-state index contributed by atoms with van der Waals surface area (Å²) in [5.41, 5.74) is 1.74. The Bertz CT molecular complexity index is 567. The van der Waals surface area contributed by atoms with Crippen LogP contribution in [0.3, 0.4) is 0 Å². The van der Waals surface area contributed by atoms with Gasteiger partial charge in [0.2, 0.25) is 0 Å². The molecular formula is C15H15NO2S. The van der Waals surface area contributed by atoms with Gasteiger partial charge in [-0.1, -0.05) is 36.5 Å². The van der Waals surface area contributed by atoms with Crippen LogP contribution in [0.2, 0.25) is 0 Å². The Kier molecular flexibility index (Phi) is 4.36. The molecule has 4 heteroatoms. The maximum absolute atomic E-state index is 9.70. The van der Waals surface area contributed by atoms with Gasteiger partial charge in [0, 0.05) is 6.54 Å². The van der Waals surface area contributed by atoms with Crippen molar-refractivity contribution in [3.05, 3.63) is 59.7 Å². The van der Waals surface area contributed by atoms with Gasteiger partial charge in [-0.25, -0.2) is 0 Å². The third-order valence-electron chi connectivity index (χ3n) is 2.76. The van der Waals surface area contributed by atoms with Gasteiger partial charge in [-0.2, -0.15) is 0 Å². The van der Waals surface area contributed by atoms with Crippen molar-refractivity contribution in [2.24, 2.45) is 0 Å². The normalized spacial score (nSPS) is 9.95. The summed E-state index contributed by atoms with van der Waals surface area (Å²) in [5, 5.41) is 12.8. The molecule has 0 aliphatic heterocycles. The molecular weight excluding hydrogens is 258 g/mol. The molecule has 0 unspecified atom stereocenters. The first-order valence-corrected chi connectivity index (χ1v) is 6.30. The summed E-state index contributed by atoms with van der Waals surface area (Å²) in [5.74, 6) is 1.02. The molecule has 0 aliphatic carbocycles. The van der Waals surface area contributed by atoms with Crippen LogP contribution in [0.25, 0.3) is 0 Å². The van der Waals surface area contributed by atoms with Gasteiger partial charge in [0.25, 0.3) is 0 Å². The van der Waals surface area contributed by atoms with E-state index in [1.807, 2.05) is 30.3 Å². The number of nitrogens with one attached hydrogen (secondary N) is 1. The molecule has 2 rings (SSSR count). The number of para-hydroxylation sites is 1. The number of hydrogen-bond donors (Lipinski definition) is 2. The fourth-order valence-corrected chi connectivity index (χ4v) is 1.93. The van der Waals surface area contributed by atoms with Gasteiger partial charge in [0.05, 0.1) is 12.7 Å². The Morgan fingerprint density at radius 1 is 1.16 bits per heavy atom. The van der Waals surface area contributed by atoms with Gasteiger partial charge in [0.1, 0.15) is 16.5 Å². The lowest BCUT2D eigenvalue weighted by atomic mass is 10.2. The highest BCUT2D eigenvalue weighted by Gasteiger charge is 2.05. The molecule has 0 amide bonds. The molecule has 0 spiro atoms. The van der Waals surface area contributed by atoms with E-state index in [-0.39, 0.29) is 5.75 Å². The second-order valence-electron chi connectivity index (χ2n) is 4.05. The largest absolute Gasteiger partial charge is 0.507 e. The van der Waals surface area contributed by atoms with Crippen LogP contribution in [0.15, 0.2) is 48.5 Å². The smallest absolute Gasteiger partial charge is 0.125 e. The van der Waals surface area contributed by atoms with E-state index in [1.54, 1.807) is 25.3 Å². The van der Waals surface area contributed by atoms with Crippen LogP contribution < -0.4 is 10.1 Å². The minimum Gasteiger partial charge on any atom is -0.507 e. The van der Waals surface area contributed by atoms with E-state index in [2.05, 4.69) is 5.32 Å². The third-order valence-corrected chi connectivity index (χ3v) is 3.13. The fraction of sp³-hybridized carbons (Fsp3) is 0.133. The molecule has 0 heterocycles. The highest BCUT2D eigenvalue weighted by atomic mass is 32.1. The first kappa shape index (κ1) is 13.4. The predicted molar refractivity (Wildman–Crippen MR) is 79.6 cm³/mol. The van der Waals surface area contributed by atoms with Crippen LogP contribution in [0.5, 0.6) is 11.5 Å². The quantitative estimate of drug-likeness (QED) is 0.841. The van der Waals surface area contributed by atoms with Crippen molar-refractivity contribution in [1.29, 1.82) is 0 Å². The van der Waals surface area contributed by atoms with Crippen molar-refractivity contribution in [1.82, 2.24) is 5.32 Å². The van der Waals surface area contributed by atoms with Crippen molar-refractivity contribution in [3.8, 4) is 11.5 Å². The molecule has 0 saturated carbocycles. The number of ether oxygens (including phenoxy) is 1. The number of benzene rings is 2. The minimum absolute atomic E-state index is 0.190. The Hall–Kier alpha value is -2.07. The van der Waals surface area contributed by atoms with Crippen molar-refractivity contribution in [2.75, 3.05) is 7.11 Å². The van der Waals surface area contributed by atoms with E-state index >= 15 is 0 Å². The zero-order valence-electron chi connectivity index (χ0n) is 10.6. The first-order chi connectivity index (χ1) is 9.20. The van der Waals surface area contributed by atoms with Crippen LogP contribution in [0, 0.1) is 0 Å². The average molecular weight is 273 g/mol. The molecule has 98 valence electrons. The first-order valence-electron chi connectivity index (χ1n) is 5.90. The molecule has 2 aromatic carbocycles. The number of phenols is 1. The van der Waals surface area contributed by atoms with E-state index in [0.717, 1.165) is 11.3 Å². The van der Waals surface area contributed by atoms with E-state index < -0.39 is 0 Å². The lowest BCUT2D eigenvalue weighted by Gasteiger charge is -2.10. The maximum atomic E-state index is 9.70. The highest BCUT2D eigenvalue weighted by Crippen LogP contribution is 2.16. The van der Waals surface area contributed by atoms with E-state index in [0.29, 0.717) is 17.1 Å². The Labute approximate surface area is 117 Å². The van der Waals surface area contributed by atoms with Crippen LogP contribution in [0.4, 0.5) is 0 Å². The molecule has 2 N–H and O–H groups in total. The number of rotatable bonds is 4. The molecule has 0 fully saturated rings. The highest BCUT2D eigenvalue weighted by molar-refractivity contribution is 7.80. The van der Waals surface area contributed by atoms with Crippen LogP contribution >= 0.6 is 12.2 Å². The van der Waals surface area contributed by atoms with Crippen molar-refractivity contribution in [2.45, 2.75) is 6.54 Å². The van der Waals surface area contributed by atoms with Crippen LogP contribution in [-0.2, 0) is 6.54 Å². The molecule has 0 aromatic heterocycles. The average Bonchev–Trinajstić information content (AvgIpc) is 2.46. The van der Waals surface area contributed by atoms with Crippen molar-refractivity contribution >= 4 is 17.2 Å². The van der Waals surface area contributed by atoms with E-state index in [4.69, 9.17) is 17.0 Å². The van der Waals surface area contributed by atoms with Gasteiger partial charge in [-0.3, -0.25) is 0 Å². The van der Waals surface area contributed by atoms with Crippen molar-refractivity contribution < 1.29 is 9.84 Å². The van der Waals surface area contributed by atoms with Crippen LogP contribution in [-0.4, -0.2) is 17.2 Å². The molecule has 3 nitrogen and oxygen atoms in total. The van der Waals surface area contributed by atoms with Crippen LogP contribution in [0.1, 0.15) is 11.1 Å². The molecule has 0 atom stereocenters. The summed E-state index contributed by atoms with van der Waals surface area (Å²) in [6.07, 6.45) is 0. The Morgan fingerprint density at radius 2 is 1.84 bits per heavy atom. The number of hydrogen-bond acceptors (Lipinski definition) is 3. The summed E-state index contributed by atoms with van der Waals surface area (Å²) in [7, 11) is 1.64. The molecule has 0 saturated heterocycles. The lowest BCUT2D eigenvalue weighted by Crippen LogP contribution is -2.21. The van der Waals surface area contributed by atoms with Gasteiger partial charge < -0.3 is 15.2 Å². The molecule has 0 aliphatic rings. The number of aromatic hydroxyl groups is 1. The summed E-state index contributed by atoms with van der Waals surface area (Å²) >= 11 is 5.26. The van der Waals surface area contributed by atoms with E-state index in [9.17, 15) is 5.11 Å². The third kappa shape index (κ3) is 3.45. The SMILES string of the molecule is COc1ccc(CNC(=S)c2ccccc2O)cc1. The Balaban J connectivity index is 1.98. The topological polar surface area (TPSA) is 41.5 Å². The molecule has 0 bridgehead atoms.